The van der Waals surface area contributed by atoms with Gasteiger partial charge in [-0.15, -0.1) is 0 Å². The maximum absolute atomic E-state index is 13.3. The largest absolute Gasteiger partial charge is 0.354 e. The Labute approximate surface area is 110 Å². The van der Waals surface area contributed by atoms with Crippen molar-refractivity contribution in [3.63, 3.8) is 0 Å². The van der Waals surface area contributed by atoms with Crippen LogP contribution in [0.5, 0.6) is 0 Å². The maximum Gasteiger partial charge on any atom is 0.221 e. The molecule has 0 spiro atoms. The van der Waals surface area contributed by atoms with Crippen LogP contribution in [-0.2, 0) is 11.3 Å². The van der Waals surface area contributed by atoms with Gasteiger partial charge in [0.15, 0.2) is 11.6 Å². The average Bonchev–Trinajstić information content (AvgIpc) is 2.30. The summed E-state index contributed by atoms with van der Waals surface area (Å²) in [5, 5.41) is 5.51. The molecule has 0 aliphatic rings. The van der Waals surface area contributed by atoms with Gasteiger partial charge < -0.3 is 10.6 Å². The van der Waals surface area contributed by atoms with E-state index in [1.807, 2.05) is 13.8 Å². The molecule has 0 atom stereocenters. The molecular weight excluding hydrogens is 257 g/mol. The van der Waals surface area contributed by atoms with Crippen molar-refractivity contribution in [2.75, 3.05) is 6.54 Å². The van der Waals surface area contributed by atoms with Gasteiger partial charge in [0.05, 0.1) is 0 Å². The van der Waals surface area contributed by atoms with Crippen molar-refractivity contribution >= 4 is 5.91 Å². The van der Waals surface area contributed by atoms with E-state index in [1.165, 1.54) is 0 Å². The number of benzene rings is 1. The molecule has 0 saturated heterocycles. The molecule has 19 heavy (non-hydrogen) atoms. The van der Waals surface area contributed by atoms with Crippen molar-refractivity contribution in [3.05, 3.63) is 35.1 Å². The lowest BCUT2D eigenvalue weighted by molar-refractivity contribution is -0.121. The summed E-state index contributed by atoms with van der Waals surface area (Å²) >= 11 is 0. The fraction of sp³-hybridized carbons (Fsp3) is 0.462. The lowest BCUT2D eigenvalue weighted by Crippen LogP contribution is -2.32. The highest BCUT2D eigenvalue weighted by Gasteiger charge is 2.09. The highest BCUT2D eigenvalue weighted by molar-refractivity contribution is 5.76. The molecule has 0 saturated carbocycles. The quantitative estimate of drug-likeness (QED) is 0.616. The first-order valence-electron chi connectivity index (χ1n) is 6.03. The Morgan fingerprint density at radius 1 is 1.16 bits per heavy atom. The summed E-state index contributed by atoms with van der Waals surface area (Å²) in [6.45, 7) is 4.07. The highest BCUT2D eigenvalue weighted by atomic mass is 19.2. The number of amides is 1. The van der Waals surface area contributed by atoms with Crippen LogP contribution in [0.1, 0.15) is 25.8 Å². The molecule has 0 unspecified atom stereocenters. The molecule has 0 aromatic heterocycles. The van der Waals surface area contributed by atoms with Gasteiger partial charge in [0, 0.05) is 37.2 Å². The minimum absolute atomic E-state index is 0.0307. The molecule has 1 aromatic rings. The summed E-state index contributed by atoms with van der Waals surface area (Å²) < 4.78 is 38.9. The second-order valence-electron chi connectivity index (χ2n) is 4.51. The van der Waals surface area contributed by atoms with Crippen LogP contribution in [0.4, 0.5) is 13.2 Å². The third kappa shape index (κ3) is 5.30. The van der Waals surface area contributed by atoms with Gasteiger partial charge >= 0.3 is 0 Å². The first-order valence-corrected chi connectivity index (χ1v) is 6.03. The Balaban J connectivity index is 2.38. The van der Waals surface area contributed by atoms with E-state index in [-0.39, 0.29) is 30.5 Å². The van der Waals surface area contributed by atoms with Crippen LogP contribution in [0.2, 0.25) is 0 Å². The summed E-state index contributed by atoms with van der Waals surface area (Å²) in [5.41, 5.74) is 0.0307. The number of nitrogens with one attached hydrogen (secondary N) is 2. The SMILES string of the molecule is CC(C)NC(=O)CCNCc1cc(F)c(F)cc1F. The summed E-state index contributed by atoms with van der Waals surface area (Å²) in [4.78, 5) is 11.3. The zero-order valence-electron chi connectivity index (χ0n) is 10.9. The Morgan fingerprint density at radius 3 is 2.42 bits per heavy atom. The van der Waals surface area contributed by atoms with Gasteiger partial charge in [0.1, 0.15) is 5.82 Å². The zero-order valence-corrected chi connectivity index (χ0v) is 10.9. The summed E-state index contributed by atoms with van der Waals surface area (Å²) in [6.07, 6.45) is 0.240. The van der Waals surface area contributed by atoms with Gasteiger partial charge in [-0.25, -0.2) is 13.2 Å². The second-order valence-corrected chi connectivity index (χ2v) is 4.51. The van der Waals surface area contributed by atoms with Crippen molar-refractivity contribution in [2.45, 2.75) is 32.9 Å². The minimum atomic E-state index is -1.21. The fourth-order valence-corrected chi connectivity index (χ4v) is 1.52. The van der Waals surface area contributed by atoms with E-state index >= 15 is 0 Å². The lowest BCUT2D eigenvalue weighted by Gasteiger charge is -2.09. The molecule has 1 rings (SSSR count). The number of rotatable bonds is 6. The first kappa shape index (κ1) is 15.5. The van der Waals surface area contributed by atoms with E-state index in [4.69, 9.17) is 0 Å². The molecular formula is C13H17F3N2O. The molecule has 0 radical (unpaired) electrons. The van der Waals surface area contributed by atoms with Gasteiger partial charge in [-0.2, -0.15) is 0 Å². The Hall–Kier alpha value is -1.56. The molecule has 0 bridgehead atoms. The standard InChI is InChI=1S/C13H17F3N2O/c1-8(2)18-13(19)3-4-17-7-9-5-11(15)12(16)6-10(9)14/h5-6,8,17H,3-4,7H2,1-2H3,(H,18,19). The van der Waals surface area contributed by atoms with E-state index in [1.54, 1.807) is 0 Å². The van der Waals surface area contributed by atoms with Gasteiger partial charge in [-0.1, -0.05) is 0 Å². The van der Waals surface area contributed by atoms with E-state index in [9.17, 15) is 18.0 Å². The monoisotopic (exact) mass is 274 g/mol. The molecule has 1 amide bonds. The van der Waals surface area contributed by atoms with Gasteiger partial charge in [0.2, 0.25) is 5.91 Å². The van der Waals surface area contributed by atoms with Gasteiger partial charge in [0.25, 0.3) is 0 Å². The smallest absolute Gasteiger partial charge is 0.221 e. The van der Waals surface area contributed by atoms with Crippen molar-refractivity contribution in [1.82, 2.24) is 10.6 Å². The maximum atomic E-state index is 13.3. The molecule has 3 nitrogen and oxygen atoms in total. The molecule has 1 aromatic carbocycles. The predicted octanol–water partition coefficient (Wildman–Crippen LogP) is 2.11. The third-order valence-electron chi connectivity index (χ3n) is 2.38. The Kier molecular flexibility index (Phi) is 5.82. The van der Waals surface area contributed by atoms with Crippen LogP contribution in [0, 0.1) is 17.5 Å². The van der Waals surface area contributed by atoms with Crippen molar-refractivity contribution < 1.29 is 18.0 Å². The minimum Gasteiger partial charge on any atom is -0.354 e. The molecule has 0 aliphatic heterocycles. The second kappa shape index (κ2) is 7.13. The summed E-state index contributed by atoms with van der Waals surface area (Å²) in [5.74, 6) is -3.22. The molecule has 106 valence electrons. The van der Waals surface area contributed by atoms with Crippen LogP contribution in [-0.4, -0.2) is 18.5 Å². The zero-order chi connectivity index (χ0) is 14.4. The molecule has 6 heteroatoms. The Bertz CT molecular complexity index is 450. The van der Waals surface area contributed by atoms with E-state index in [0.29, 0.717) is 12.6 Å². The van der Waals surface area contributed by atoms with Gasteiger partial charge in [-0.05, 0) is 19.9 Å². The highest BCUT2D eigenvalue weighted by Crippen LogP contribution is 2.13. The Morgan fingerprint density at radius 2 is 1.79 bits per heavy atom. The molecule has 0 fully saturated rings. The third-order valence-corrected chi connectivity index (χ3v) is 2.38. The summed E-state index contributed by atoms with van der Waals surface area (Å²) in [7, 11) is 0. The molecule has 0 aliphatic carbocycles. The topological polar surface area (TPSA) is 41.1 Å². The number of halogens is 3. The van der Waals surface area contributed by atoms with E-state index < -0.39 is 17.5 Å². The van der Waals surface area contributed by atoms with E-state index in [0.717, 1.165) is 6.07 Å². The van der Waals surface area contributed by atoms with E-state index in [2.05, 4.69) is 10.6 Å². The van der Waals surface area contributed by atoms with Crippen LogP contribution >= 0.6 is 0 Å². The van der Waals surface area contributed by atoms with Crippen molar-refractivity contribution in [2.24, 2.45) is 0 Å². The van der Waals surface area contributed by atoms with Crippen LogP contribution in [0.15, 0.2) is 12.1 Å². The van der Waals surface area contributed by atoms with Crippen LogP contribution in [0.3, 0.4) is 0 Å². The number of carbonyl (C=O) groups is 1. The van der Waals surface area contributed by atoms with Gasteiger partial charge in [-0.3, -0.25) is 4.79 Å². The van der Waals surface area contributed by atoms with Crippen molar-refractivity contribution in [1.29, 1.82) is 0 Å². The predicted molar refractivity (Wildman–Crippen MR) is 65.9 cm³/mol. The average molecular weight is 274 g/mol. The molecule has 2 N–H and O–H groups in total. The summed E-state index contributed by atoms with van der Waals surface area (Å²) in [6, 6.07) is 1.39. The van der Waals surface area contributed by atoms with Crippen LogP contribution in [0.25, 0.3) is 0 Å². The van der Waals surface area contributed by atoms with Crippen LogP contribution < -0.4 is 10.6 Å². The number of hydrogen-bond donors (Lipinski definition) is 2. The number of hydrogen-bond acceptors (Lipinski definition) is 2. The lowest BCUT2D eigenvalue weighted by atomic mass is 10.2. The van der Waals surface area contributed by atoms with Crippen molar-refractivity contribution in [3.8, 4) is 0 Å². The molecule has 0 heterocycles. The fourth-order valence-electron chi connectivity index (χ4n) is 1.52. The normalized spacial score (nSPS) is 10.8. The number of carbonyl (C=O) groups excluding carboxylic acids is 1. The first-order chi connectivity index (χ1) is 8.90.